The Morgan fingerprint density at radius 1 is 1.30 bits per heavy atom. The van der Waals surface area contributed by atoms with E-state index >= 15 is 0 Å². The van der Waals surface area contributed by atoms with Crippen LogP contribution in [0.2, 0.25) is 0 Å². The van der Waals surface area contributed by atoms with Gasteiger partial charge in [0.15, 0.2) is 5.96 Å². The van der Waals surface area contributed by atoms with Crippen LogP contribution in [0.3, 0.4) is 0 Å². The molecule has 8 heteroatoms. The lowest BCUT2D eigenvalue weighted by Gasteiger charge is -2.10. The van der Waals surface area contributed by atoms with Gasteiger partial charge in [-0.25, -0.2) is 9.97 Å². The monoisotopic (exact) mass is 423 g/mol. The number of aliphatic imine (C=N–C) groups is 1. The van der Waals surface area contributed by atoms with Crippen LogP contribution in [0.5, 0.6) is 0 Å². The number of guanidine groups is 1. The Morgan fingerprint density at radius 3 is 2.60 bits per heavy atom. The molecular formula is C12H18IN5S2. The minimum absolute atomic E-state index is 0. The fraction of sp³-hybridized carbons (Fsp3) is 0.417. The summed E-state index contributed by atoms with van der Waals surface area (Å²) in [5.74, 6) is 0.778. The molecule has 0 radical (unpaired) electrons. The zero-order valence-corrected chi connectivity index (χ0v) is 15.6. The van der Waals surface area contributed by atoms with E-state index in [0.29, 0.717) is 6.54 Å². The summed E-state index contributed by atoms with van der Waals surface area (Å²) in [6, 6.07) is 0. The van der Waals surface area contributed by atoms with Gasteiger partial charge >= 0.3 is 0 Å². The minimum Gasteiger partial charge on any atom is -0.351 e. The molecule has 5 nitrogen and oxygen atoms in total. The molecule has 0 saturated carbocycles. The molecule has 2 aromatic rings. The highest BCUT2D eigenvalue weighted by Crippen LogP contribution is 2.16. The van der Waals surface area contributed by atoms with Crippen LogP contribution in [0.25, 0.3) is 0 Å². The summed E-state index contributed by atoms with van der Waals surface area (Å²) in [6.07, 6.45) is 1.81. The highest BCUT2D eigenvalue weighted by Gasteiger charge is 2.06. The van der Waals surface area contributed by atoms with Gasteiger partial charge in [-0.3, -0.25) is 4.99 Å². The third-order valence-corrected chi connectivity index (χ3v) is 4.38. The van der Waals surface area contributed by atoms with Crippen LogP contribution in [0.1, 0.15) is 20.6 Å². The van der Waals surface area contributed by atoms with Crippen LogP contribution >= 0.6 is 46.7 Å². The zero-order chi connectivity index (χ0) is 13.7. The molecule has 0 aliphatic heterocycles. The summed E-state index contributed by atoms with van der Waals surface area (Å²) >= 11 is 3.35. The van der Waals surface area contributed by atoms with E-state index in [9.17, 15) is 0 Å². The number of aryl methyl sites for hydroxylation is 2. The van der Waals surface area contributed by atoms with Crippen molar-refractivity contribution < 1.29 is 0 Å². The molecule has 0 aromatic carbocycles. The van der Waals surface area contributed by atoms with Gasteiger partial charge in [-0.05, 0) is 13.8 Å². The molecule has 0 spiro atoms. The van der Waals surface area contributed by atoms with E-state index < -0.39 is 0 Å². The average molecular weight is 423 g/mol. The van der Waals surface area contributed by atoms with Crippen LogP contribution in [0, 0.1) is 13.8 Å². The summed E-state index contributed by atoms with van der Waals surface area (Å²) in [7, 11) is 1.77. The van der Waals surface area contributed by atoms with E-state index in [2.05, 4.69) is 25.6 Å². The molecule has 0 saturated heterocycles. The summed E-state index contributed by atoms with van der Waals surface area (Å²) < 4.78 is 0. The maximum absolute atomic E-state index is 4.41. The number of rotatable bonds is 4. The number of nitrogens with zero attached hydrogens (tertiary/aromatic N) is 3. The van der Waals surface area contributed by atoms with Gasteiger partial charge in [0.1, 0.15) is 5.01 Å². The number of hydrogen-bond donors (Lipinski definition) is 2. The highest BCUT2D eigenvalue weighted by atomic mass is 127. The number of thiazole rings is 2. The third-order valence-electron chi connectivity index (χ3n) is 2.53. The first-order chi connectivity index (χ1) is 9.19. The lowest BCUT2D eigenvalue weighted by Crippen LogP contribution is -2.36. The average Bonchev–Trinajstić information content (AvgIpc) is 3.00. The van der Waals surface area contributed by atoms with E-state index in [0.717, 1.165) is 28.2 Å². The van der Waals surface area contributed by atoms with Crippen LogP contribution in [-0.4, -0.2) is 23.0 Å². The van der Waals surface area contributed by atoms with Crippen molar-refractivity contribution in [3.8, 4) is 0 Å². The summed E-state index contributed by atoms with van der Waals surface area (Å²) in [6.45, 7) is 5.50. The Kier molecular flexibility index (Phi) is 7.38. The second-order valence-electron chi connectivity index (χ2n) is 3.95. The Labute approximate surface area is 144 Å². The van der Waals surface area contributed by atoms with Crippen molar-refractivity contribution in [3.63, 3.8) is 0 Å². The van der Waals surface area contributed by atoms with Crippen LogP contribution in [0.4, 0.5) is 0 Å². The van der Waals surface area contributed by atoms with E-state index in [1.54, 1.807) is 35.9 Å². The van der Waals surface area contributed by atoms with Gasteiger partial charge in [0, 0.05) is 23.5 Å². The van der Waals surface area contributed by atoms with E-state index in [-0.39, 0.29) is 24.0 Å². The second-order valence-corrected chi connectivity index (χ2v) is 6.21. The quantitative estimate of drug-likeness (QED) is 0.451. The molecule has 110 valence electrons. The van der Waals surface area contributed by atoms with Gasteiger partial charge in [-0.15, -0.1) is 46.7 Å². The molecule has 2 rings (SSSR count). The van der Waals surface area contributed by atoms with Crippen LogP contribution in [0.15, 0.2) is 16.6 Å². The molecule has 0 aliphatic carbocycles. The second kappa shape index (κ2) is 8.53. The van der Waals surface area contributed by atoms with Gasteiger partial charge in [0.25, 0.3) is 0 Å². The zero-order valence-electron chi connectivity index (χ0n) is 11.6. The Morgan fingerprint density at radius 2 is 2.05 bits per heavy atom. The fourth-order valence-corrected chi connectivity index (χ4v) is 3.05. The van der Waals surface area contributed by atoms with Gasteiger partial charge in [-0.2, -0.15) is 0 Å². The molecule has 0 unspecified atom stereocenters. The summed E-state index contributed by atoms with van der Waals surface area (Å²) in [5, 5.41) is 10.6. The molecule has 20 heavy (non-hydrogen) atoms. The van der Waals surface area contributed by atoms with Crippen LogP contribution in [-0.2, 0) is 13.1 Å². The molecule has 0 amide bonds. The summed E-state index contributed by atoms with van der Waals surface area (Å²) in [4.78, 5) is 14.1. The SMILES string of the molecule is CN=C(NCc1nccs1)NCc1sc(C)nc1C.I. The van der Waals surface area contributed by atoms with E-state index in [1.807, 2.05) is 19.2 Å². The third kappa shape index (κ3) is 4.98. The summed E-state index contributed by atoms with van der Waals surface area (Å²) in [5.41, 5.74) is 1.09. The first-order valence-electron chi connectivity index (χ1n) is 5.95. The first-order valence-corrected chi connectivity index (χ1v) is 7.64. The molecule has 0 atom stereocenters. The fourth-order valence-electron chi connectivity index (χ4n) is 1.62. The molecule has 0 aliphatic rings. The number of halogens is 1. The minimum atomic E-state index is 0. The van der Waals surface area contributed by atoms with Gasteiger partial charge < -0.3 is 10.6 Å². The topological polar surface area (TPSA) is 62.2 Å². The van der Waals surface area contributed by atoms with Crippen molar-refractivity contribution in [1.82, 2.24) is 20.6 Å². The molecular weight excluding hydrogens is 405 g/mol. The van der Waals surface area contributed by atoms with Crippen molar-refractivity contribution in [1.29, 1.82) is 0 Å². The largest absolute Gasteiger partial charge is 0.351 e. The Balaban J connectivity index is 0.00000200. The molecule has 2 aromatic heterocycles. The molecule has 2 N–H and O–H groups in total. The lowest BCUT2D eigenvalue weighted by atomic mass is 10.4. The predicted octanol–water partition coefficient (Wildman–Crippen LogP) is 2.70. The molecule has 0 fully saturated rings. The lowest BCUT2D eigenvalue weighted by molar-refractivity contribution is 0.807. The first kappa shape index (κ1) is 17.3. The van der Waals surface area contributed by atoms with Gasteiger partial charge in [0.2, 0.25) is 0 Å². The standard InChI is InChI=1S/C12H17N5S2.HI/c1-8-10(19-9(2)17-8)6-15-12(13-3)16-7-11-14-4-5-18-11;/h4-5H,6-7H2,1-3H3,(H2,13,15,16);1H. The van der Waals surface area contributed by atoms with E-state index in [1.165, 1.54) is 4.88 Å². The highest BCUT2D eigenvalue weighted by molar-refractivity contribution is 14.0. The number of nitrogens with one attached hydrogen (secondary N) is 2. The Bertz CT molecular complexity index is 550. The van der Waals surface area contributed by atoms with Gasteiger partial charge in [0.05, 0.1) is 23.8 Å². The molecule has 2 heterocycles. The van der Waals surface area contributed by atoms with E-state index in [4.69, 9.17) is 0 Å². The normalized spacial score (nSPS) is 11.1. The maximum atomic E-state index is 4.41. The number of hydrogen-bond acceptors (Lipinski definition) is 5. The van der Waals surface area contributed by atoms with Crippen molar-refractivity contribution in [3.05, 3.63) is 32.2 Å². The number of aromatic nitrogens is 2. The van der Waals surface area contributed by atoms with Crippen molar-refractivity contribution in [2.75, 3.05) is 7.05 Å². The maximum Gasteiger partial charge on any atom is 0.191 e. The van der Waals surface area contributed by atoms with Gasteiger partial charge in [-0.1, -0.05) is 0 Å². The Hall–Kier alpha value is -0.740. The smallest absolute Gasteiger partial charge is 0.191 e. The predicted molar refractivity (Wildman–Crippen MR) is 96.2 cm³/mol. The van der Waals surface area contributed by atoms with Crippen LogP contribution < -0.4 is 10.6 Å². The van der Waals surface area contributed by atoms with Crippen molar-refractivity contribution in [2.24, 2.45) is 4.99 Å². The van der Waals surface area contributed by atoms with Crippen molar-refractivity contribution in [2.45, 2.75) is 26.9 Å². The molecule has 0 bridgehead atoms. The van der Waals surface area contributed by atoms with Crippen molar-refractivity contribution >= 4 is 52.6 Å².